The fourth-order valence-corrected chi connectivity index (χ4v) is 4.62. The highest BCUT2D eigenvalue weighted by Crippen LogP contribution is 2.19. The molecule has 0 aliphatic carbocycles. The van der Waals surface area contributed by atoms with E-state index in [-0.39, 0.29) is 19.4 Å². The molecule has 224 valence electrons. The Kier molecular flexibility index (Phi) is 10.5. The number of fused-ring (bicyclic) bond motifs is 1. The van der Waals surface area contributed by atoms with Crippen molar-refractivity contribution in [1.82, 2.24) is 20.9 Å². The first-order valence-corrected chi connectivity index (χ1v) is 13.9. The molecule has 0 fully saturated rings. The van der Waals surface area contributed by atoms with Gasteiger partial charge in [-0.15, -0.1) is 0 Å². The van der Waals surface area contributed by atoms with Crippen LogP contribution in [0.15, 0.2) is 91.1 Å². The minimum atomic E-state index is -1.67. The van der Waals surface area contributed by atoms with Gasteiger partial charge >= 0.3 is 6.09 Å². The Labute approximate surface area is 248 Å². The maximum Gasteiger partial charge on any atom is 0.408 e. The van der Waals surface area contributed by atoms with Crippen LogP contribution >= 0.6 is 0 Å². The van der Waals surface area contributed by atoms with Gasteiger partial charge in [-0.05, 0) is 36.1 Å². The number of aliphatic hydroxyl groups excluding tert-OH is 1. The Morgan fingerprint density at radius 3 is 2.12 bits per heavy atom. The molecule has 0 radical (unpaired) electrons. The normalized spacial score (nSPS) is 13.7. The molecule has 1 aromatic heterocycles. The molecular formula is C32H35N5O6. The topological polar surface area (TPSA) is 176 Å². The van der Waals surface area contributed by atoms with Gasteiger partial charge in [0.2, 0.25) is 17.7 Å². The summed E-state index contributed by atoms with van der Waals surface area (Å²) in [6.07, 6.45) is -0.516. The number of alkyl carbamates (subject to hydrolysis) is 1. The lowest BCUT2D eigenvalue weighted by Crippen LogP contribution is -2.58. The molecule has 11 nitrogen and oxygen atoms in total. The van der Waals surface area contributed by atoms with Crippen molar-refractivity contribution >= 4 is 34.7 Å². The van der Waals surface area contributed by atoms with Crippen LogP contribution in [-0.2, 0) is 38.6 Å². The number of carbonyl (C=O) groups is 4. The van der Waals surface area contributed by atoms with Crippen molar-refractivity contribution in [3.05, 3.63) is 108 Å². The number of hydrogen-bond donors (Lipinski definition) is 6. The number of amides is 4. The molecule has 4 atom stereocenters. The number of benzene rings is 3. The lowest BCUT2D eigenvalue weighted by Gasteiger charge is -2.26. The summed E-state index contributed by atoms with van der Waals surface area (Å²) in [5.41, 5.74) is 8.53. The van der Waals surface area contributed by atoms with Gasteiger partial charge in [-0.1, -0.05) is 78.9 Å². The fourth-order valence-electron chi connectivity index (χ4n) is 4.62. The van der Waals surface area contributed by atoms with Crippen molar-refractivity contribution in [1.29, 1.82) is 0 Å². The van der Waals surface area contributed by atoms with Crippen molar-refractivity contribution in [3.8, 4) is 0 Å². The van der Waals surface area contributed by atoms with Gasteiger partial charge in [0.15, 0.2) is 6.10 Å². The van der Waals surface area contributed by atoms with E-state index in [1.165, 1.54) is 6.92 Å². The number of nitrogens with two attached hydrogens (primary N) is 1. The molecule has 43 heavy (non-hydrogen) atoms. The monoisotopic (exact) mass is 585 g/mol. The van der Waals surface area contributed by atoms with Crippen LogP contribution in [0.25, 0.3) is 10.9 Å². The first kappa shape index (κ1) is 30.8. The van der Waals surface area contributed by atoms with Crippen molar-refractivity contribution in [2.75, 3.05) is 0 Å². The maximum absolute atomic E-state index is 13.7. The van der Waals surface area contributed by atoms with E-state index in [0.29, 0.717) is 0 Å². The number of aliphatic hydroxyl groups is 1. The van der Waals surface area contributed by atoms with E-state index in [4.69, 9.17) is 10.5 Å². The molecule has 4 aromatic rings. The summed E-state index contributed by atoms with van der Waals surface area (Å²) in [6, 6.07) is 22.4. The molecule has 11 heteroatoms. The summed E-state index contributed by atoms with van der Waals surface area (Å²) in [6.45, 7) is 1.49. The Balaban J connectivity index is 1.49. The van der Waals surface area contributed by atoms with Gasteiger partial charge in [-0.3, -0.25) is 14.4 Å². The third-order valence-electron chi connectivity index (χ3n) is 6.97. The zero-order valence-corrected chi connectivity index (χ0v) is 23.7. The van der Waals surface area contributed by atoms with Crippen molar-refractivity contribution in [3.63, 3.8) is 0 Å². The van der Waals surface area contributed by atoms with Crippen molar-refractivity contribution in [2.45, 2.75) is 50.6 Å². The third-order valence-corrected chi connectivity index (χ3v) is 6.97. The van der Waals surface area contributed by atoms with Crippen LogP contribution in [0.5, 0.6) is 0 Å². The number of ether oxygens (including phenoxy) is 1. The number of nitrogens with one attached hydrogen (secondary N) is 4. The summed E-state index contributed by atoms with van der Waals surface area (Å²) in [7, 11) is 0. The van der Waals surface area contributed by atoms with E-state index in [1.54, 1.807) is 42.6 Å². The van der Waals surface area contributed by atoms with Crippen molar-refractivity contribution < 1.29 is 29.0 Å². The largest absolute Gasteiger partial charge is 0.445 e. The number of aromatic amines is 1. The zero-order valence-electron chi connectivity index (χ0n) is 23.7. The Hall–Kier alpha value is -5.16. The summed E-state index contributed by atoms with van der Waals surface area (Å²) < 4.78 is 5.21. The molecule has 0 aliphatic rings. The Morgan fingerprint density at radius 1 is 0.814 bits per heavy atom. The quantitative estimate of drug-likeness (QED) is 0.140. The van der Waals surface area contributed by atoms with E-state index in [1.807, 2.05) is 48.5 Å². The van der Waals surface area contributed by atoms with E-state index in [9.17, 15) is 24.3 Å². The number of H-pyrrole nitrogens is 1. The number of rotatable bonds is 13. The molecule has 0 aliphatic heterocycles. The highest BCUT2D eigenvalue weighted by atomic mass is 16.5. The van der Waals surface area contributed by atoms with E-state index in [2.05, 4.69) is 20.9 Å². The Morgan fingerprint density at radius 2 is 1.44 bits per heavy atom. The predicted octanol–water partition coefficient (Wildman–Crippen LogP) is 2.08. The van der Waals surface area contributed by atoms with Gasteiger partial charge in [0.1, 0.15) is 18.7 Å². The molecule has 0 bridgehead atoms. The van der Waals surface area contributed by atoms with E-state index >= 15 is 0 Å². The zero-order chi connectivity index (χ0) is 30.8. The van der Waals surface area contributed by atoms with Crippen molar-refractivity contribution in [2.24, 2.45) is 5.73 Å². The first-order valence-electron chi connectivity index (χ1n) is 13.9. The molecule has 1 unspecified atom stereocenters. The average Bonchev–Trinajstić information content (AvgIpc) is 3.42. The second kappa shape index (κ2) is 14.6. The lowest BCUT2D eigenvalue weighted by atomic mass is 9.99. The smallest absolute Gasteiger partial charge is 0.408 e. The minimum Gasteiger partial charge on any atom is -0.445 e. The number of aromatic nitrogens is 1. The van der Waals surface area contributed by atoms with Gasteiger partial charge in [0.25, 0.3) is 0 Å². The van der Waals surface area contributed by atoms with E-state index < -0.39 is 48.0 Å². The molecule has 1 heterocycles. The van der Waals surface area contributed by atoms with Crippen LogP contribution in [0.2, 0.25) is 0 Å². The molecule has 4 rings (SSSR count). The fraction of sp³-hybridized carbons (Fsp3) is 0.250. The van der Waals surface area contributed by atoms with Gasteiger partial charge < -0.3 is 36.5 Å². The predicted molar refractivity (Wildman–Crippen MR) is 160 cm³/mol. The standard InChI is InChI=1S/C32H35N5O6/c1-20(35-32(42)43-19-22-12-6-3-7-13-22)30(40)37-27(17-23-18-34-25-15-9-8-14-24(23)25)31(41)36-26(28(38)29(33)39)16-21-10-4-2-5-11-21/h2-15,18,20,26-28,34,38H,16-17,19H2,1H3,(H2,33,39)(H,35,42)(H,36,41)(H,37,40)/t20-,26?,27-,28-/m0/s1. The second-order valence-electron chi connectivity index (χ2n) is 10.2. The molecular weight excluding hydrogens is 550 g/mol. The average molecular weight is 586 g/mol. The highest BCUT2D eigenvalue weighted by molar-refractivity contribution is 5.92. The molecule has 7 N–H and O–H groups in total. The summed E-state index contributed by atoms with van der Waals surface area (Å²) in [5.74, 6) is -2.27. The SMILES string of the molecule is C[C@H](NC(=O)OCc1ccccc1)C(=O)N[C@@H](Cc1c[nH]c2ccccc12)C(=O)NC(Cc1ccccc1)[C@H](O)C(N)=O. The molecule has 4 amide bonds. The molecule has 0 spiro atoms. The third kappa shape index (κ3) is 8.66. The summed E-state index contributed by atoms with van der Waals surface area (Å²) >= 11 is 0. The van der Waals surface area contributed by atoms with Crippen LogP contribution in [0.1, 0.15) is 23.6 Å². The van der Waals surface area contributed by atoms with E-state index in [0.717, 1.165) is 27.6 Å². The number of primary amides is 1. The second-order valence-corrected chi connectivity index (χ2v) is 10.2. The van der Waals surface area contributed by atoms with Gasteiger partial charge in [0.05, 0.1) is 6.04 Å². The number of hydrogen-bond acceptors (Lipinski definition) is 6. The van der Waals surface area contributed by atoms with Crippen LogP contribution in [-0.4, -0.2) is 58.1 Å². The number of para-hydroxylation sites is 1. The summed E-state index contributed by atoms with van der Waals surface area (Å²) in [5, 5.41) is 19.3. The van der Waals surface area contributed by atoms with Crippen LogP contribution in [0.4, 0.5) is 4.79 Å². The highest BCUT2D eigenvalue weighted by Gasteiger charge is 2.31. The molecule has 0 saturated carbocycles. The van der Waals surface area contributed by atoms with Gasteiger partial charge in [-0.2, -0.15) is 0 Å². The lowest BCUT2D eigenvalue weighted by molar-refractivity contribution is -0.132. The molecule has 0 saturated heterocycles. The van der Waals surface area contributed by atoms with Gasteiger partial charge in [0, 0.05) is 23.5 Å². The number of carbonyl (C=O) groups excluding carboxylic acids is 4. The Bertz CT molecular complexity index is 1540. The van der Waals surface area contributed by atoms with Crippen LogP contribution in [0, 0.1) is 0 Å². The van der Waals surface area contributed by atoms with Crippen LogP contribution < -0.4 is 21.7 Å². The first-order chi connectivity index (χ1) is 20.7. The van der Waals surface area contributed by atoms with Gasteiger partial charge in [-0.25, -0.2) is 4.79 Å². The molecule has 3 aromatic carbocycles. The maximum atomic E-state index is 13.7. The summed E-state index contributed by atoms with van der Waals surface area (Å²) in [4.78, 5) is 54.2. The minimum absolute atomic E-state index is 0.0254. The van der Waals surface area contributed by atoms with Crippen LogP contribution in [0.3, 0.4) is 0 Å².